The second-order valence-corrected chi connectivity index (χ2v) is 4.59. The molecule has 1 unspecified atom stereocenters. The van der Waals surface area contributed by atoms with Crippen molar-refractivity contribution in [3.8, 4) is 0 Å². The highest BCUT2D eigenvalue weighted by molar-refractivity contribution is 6.30. The topological polar surface area (TPSA) is 44.1 Å². The first-order valence-corrected chi connectivity index (χ1v) is 6.46. The molecular formula is C14H15ClN2O2. The van der Waals surface area contributed by atoms with Crippen LogP contribution in [0.25, 0.3) is 0 Å². The van der Waals surface area contributed by atoms with E-state index in [1.807, 2.05) is 31.2 Å². The molecule has 5 heteroatoms. The summed E-state index contributed by atoms with van der Waals surface area (Å²) >= 11 is 5.86. The smallest absolute Gasteiger partial charge is 0.341 e. The number of esters is 1. The van der Waals surface area contributed by atoms with Crippen molar-refractivity contribution in [2.45, 2.75) is 19.9 Å². The third-order valence-electron chi connectivity index (χ3n) is 2.86. The zero-order chi connectivity index (χ0) is 13.8. The number of hydrogen-bond donors (Lipinski definition) is 0. The monoisotopic (exact) mass is 278 g/mol. The zero-order valence-corrected chi connectivity index (χ0v) is 11.6. The molecule has 0 bridgehead atoms. The van der Waals surface area contributed by atoms with Gasteiger partial charge in [-0.3, -0.25) is 4.68 Å². The molecule has 4 nitrogen and oxygen atoms in total. The molecule has 1 aromatic heterocycles. The van der Waals surface area contributed by atoms with Gasteiger partial charge in [0.1, 0.15) is 0 Å². The van der Waals surface area contributed by atoms with E-state index < -0.39 is 0 Å². The lowest BCUT2D eigenvalue weighted by Crippen LogP contribution is -2.07. The first-order chi connectivity index (χ1) is 9.11. The first-order valence-electron chi connectivity index (χ1n) is 6.08. The Bertz CT molecular complexity index is 563. The number of hydrogen-bond acceptors (Lipinski definition) is 3. The van der Waals surface area contributed by atoms with E-state index in [4.69, 9.17) is 16.3 Å². The SMILES string of the molecule is CCOC(=O)c1cnn(C(C)c2ccc(Cl)cc2)c1. The molecular weight excluding hydrogens is 264 g/mol. The van der Waals surface area contributed by atoms with Gasteiger partial charge in [0.2, 0.25) is 0 Å². The van der Waals surface area contributed by atoms with Crippen LogP contribution in [0.5, 0.6) is 0 Å². The van der Waals surface area contributed by atoms with Crippen LogP contribution in [0.2, 0.25) is 5.02 Å². The van der Waals surface area contributed by atoms with Crippen LogP contribution in [-0.4, -0.2) is 22.4 Å². The molecule has 2 aromatic rings. The molecule has 0 aliphatic rings. The maximum Gasteiger partial charge on any atom is 0.341 e. The van der Waals surface area contributed by atoms with Crippen LogP contribution in [0.1, 0.15) is 35.8 Å². The van der Waals surface area contributed by atoms with Crippen molar-refractivity contribution in [1.29, 1.82) is 0 Å². The summed E-state index contributed by atoms with van der Waals surface area (Å²) in [5, 5.41) is 4.90. The van der Waals surface area contributed by atoms with E-state index in [0.29, 0.717) is 17.2 Å². The molecule has 0 aliphatic heterocycles. The van der Waals surface area contributed by atoms with E-state index in [9.17, 15) is 4.79 Å². The highest BCUT2D eigenvalue weighted by Crippen LogP contribution is 2.19. The number of ether oxygens (including phenoxy) is 1. The maximum atomic E-state index is 11.6. The Morgan fingerprint density at radius 2 is 2.11 bits per heavy atom. The molecule has 0 saturated heterocycles. The van der Waals surface area contributed by atoms with Crippen molar-refractivity contribution in [2.75, 3.05) is 6.61 Å². The quantitative estimate of drug-likeness (QED) is 0.806. The summed E-state index contributed by atoms with van der Waals surface area (Å²) < 4.78 is 6.66. The molecule has 0 N–H and O–H groups in total. The van der Waals surface area contributed by atoms with Gasteiger partial charge in [0.25, 0.3) is 0 Å². The minimum atomic E-state index is -0.350. The lowest BCUT2D eigenvalue weighted by atomic mass is 10.1. The van der Waals surface area contributed by atoms with Gasteiger partial charge in [-0.1, -0.05) is 23.7 Å². The maximum absolute atomic E-state index is 11.6. The number of halogens is 1. The Hall–Kier alpha value is -1.81. The molecule has 0 fully saturated rings. The van der Waals surface area contributed by atoms with Crippen molar-refractivity contribution >= 4 is 17.6 Å². The van der Waals surface area contributed by atoms with E-state index in [0.717, 1.165) is 5.56 Å². The molecule has 1 atom stereocenters. The number of nitrogens with zero attached hydrogens (tertiary/aromatic N) is 2. The van der Waals surface area contributed by atoms with Gasteiger partial charge in [0, 0.05) is 11.2 Å². The molecule has 0 aliphatic carbocycles. The van der Waals surface area contributed by atoms with Gasteiger partial charge in [-0.05, 0) is 31.5 Å². The van der Waals surface area contributed by atoms with Crippen molar-refractivity contribution in [3.05, 3.63) is 52.8 Å². The molecule has 100 valence electrons. The van der Waals surface area contributed by atoms with Crippen LogP contribution in [0, 0.1) is 0 Å². The third-order valence-corrected chi connectivity index (χ3v) is 3.11. The van der Waals surface area contributed by atoms with Crippen LogP contribution >= 0.6 is 11.6 Å². The number of rotatable bonds is 4. The Morgan fingerprint density at radius 1 is 1.42 bits per heavy atom. The standard InChI is InChI=1S/C14H15ClN2O2/c1-3-19-14(18)12-8-16-17(9-12)10(2)11-4-6-13(15)7-5-11/h4-10H,3H2,1-2H3. The fourth-order valence-electron chi connectivity index (χ4n) is 1.76. The van der Waals surface area contributed by atoms with Gasteiger partial charge in [-0.2, -0.15) is 5.10 Å². The fourth-order valence-corrected chi connectivity index (χ4v) is 1.89. The number of carbonyl (C=O) groups is 1. The van der Waals surface area contributed by atoms with Gasteiger partial charge in [-0.15, -0.1) is 0 Å². The minimum absolute atomic E-state index is 0.0282. The van der Waals surface area contributed by atoms with Gasteiger partial charge in [-0.25, -0.2) is 4.79 Å². The van der Waals surface area contributed by atoms with E-state index in [2.05, 4.69) is 5.10 Å². The van der Waals surface area contributed by atoms with Crippen LogP contribution in [0.15, 0.2) is 36.7 Å². The van der Waals surface area contributed by atoms with Gasteiger partial charge < -0.3 is 4.74 Å². The first kappa shape index (κ1) is 13.6. The Labute approximate surface area is 116 Å². The van der Waals surface area contributed by atoms with Crippen molar-refractivity contribution in [2.24, 2.45) is 0 Å². The summed E-state index contributed by atoms with van der Waals surface area (Å²) in [6, 6.07) is 7.59. The number of carbonyl (C=O) groups excluding carboxylic acids is 1. The summed E-state index contributed by atoms with van der Waals surface area (Å²) in [5.74, 6) is -0.350. The van der Waals surface area contributed by atoms with Crippen molar-refractivity contribution in [3.63, 3.8) is 0 Å². The summed E-state index contributed by atoms with van der Waals surface area (Å²) in [4.78, 5) is 11.6. The van der Waals surface area contributed by atoms with Crippen LogP contribution in [0.3, 0.4) is 0 Å². The van der Waals surface area contributed by atoms with Gasteiger partial charge in [0.05, 0.1) is 24.4 Å². The Morgan fingerprint density at radius 3 is 2.74 bits per heavy atom. The molecule has 2 rings (SSSR count). The largest absolute Gasteiger partial charge is 0.462 e. The molecule has 0 saturated carbocycles. The predicted octanol–water partition coefficient (Wildman–Crippen LogP) is 3.32. The minimum Gasteiger partial charge on any atom is -0.462 e. The second kappa shape index (κ2) is 5.89. The van der Waals surface area contributed by atoms with Gasteiger partial charge >= 0.3 is 5.97 Å². The van der Waals surface area contributed by atoms with E-state index >= 15 is 0 Å². The number of benzene rings is 1. The van der Waals surface area contributed by atoms with Crippen molar-refractivity contribution in [1.82, 2.24) is 9.78 Å². The summed E-state index contributed by atoms with van der Waals surface area (Å²) in [6.45, 7) is 4.14. The number of aromatic nitrogens is 2. The van der Waals surface area contributed by atoms with Crippen LogP contribution in [-0.2, 0) is 4.74 Å². The fraction of sp³-hybridized carbons (Fsp3) is 0.286. The molecule has 1 aromatic carbocycles. The lowest BCUT2D eigenvalue weighted by molar-refractivity contribution is 0.0526. The van der Waals surface area contributed by atoms with E-state index in [1.165, 1.54) is 6.20 Å². The van der Waals surface area contributed by atoms with E-state index in [-0.39, 0.29) is 12.0 Å². The Kier molecular flexibility index (Phi) is 4.22. The average Bonchev–Trinajstić information content (AvgIpc) is 2.89. The normalized spacial score (nSPS) is 12.2. The lowest BCUT2D eigenvalue weighted by Gasteiger charge is -2.12. The molecule has 0 amide bonds. The highest BCUT2D eigenvalue weighted by atomic mass is 35.5. The predicted molar refractivity (Wildman–Crippen MR) is 73.4 cm³/mol. The summed E-state index contributed by atoms with van der Waals surface area (Å²) in [6.07, 6.45) is 3.21. The molecule has 0 radical (unpaired) electrons. The molecule has 19 heavy (non-hydrogen) atoms. The highest BCUT2D eigenvalue weighted by Gasteiger charge is 2.13. The third kappa shape index (κ3) is 3.15. The van der Waals surface area contributed by atoms with Crippen LogP contribution in [0.4, 0.5) is 0 Å². The van der Waals surface area contributed by atoms with E-state index in [1.54, 1.807) is 17.8 Å². The zero-order valence-electron chi connectivity index (χ0n) is 10.8. The second-order valence-electron chi connectivity index (χ2n) is 4.16. The Balaban J connectivity index is 2.18. The molecule has 1 heterocycles. The van der Waals surface area contributed by atoms with Crippen molar-refractivity contribution < 1.29 is 9.53 Å². The molecule has 0 spiro atoms. The van der Waals surface area contributed by atoms with Crippen LogP contribution < -0.4 is 0 Å². The summed E-state index contributed by atoms with van der Waals surface area (Å²) in [5.41, 5.74) is 1.53. The average molecular weight is 279 g/mol. The summed E-state index contributed by atoms with van der Waals surface area (Å²) in [7, 11) is 0. The van der Waals surface area contributed by atoms with Gasteiger partial charge in [0.15, 0.2) is 0 Å².